The Bertz CT molecular complexity index is 2850. The van der Waals surface area contributed by atoms with Gasteiger partial charge in [0.05, 0.1) is 46.7 Å². The second kappa shape index (κ2) is 20.6. The number of aryl methyl sites for hydroxylation is 4. The highest BCUT2D eigenvalue weighted by atomic mass is 32.2. The third-order valence-electron chi connectivity index (χ3n) is 11.2. The van der Waals surface area contributed by atoms with E-state index in [1.807, 2.05) is 55.2 Å². The molecule has 1 saturated heterocycles. The summed E-state index contributed by atoms with van der Waals surface area (Å²) < 4.78 is 17.1. The van der Waals surface area contributed by atoms with Crippen LogP contribution in [-0.4, -0.2) is 120 Å². The Kier molecular flexibility index (Phi) is 14.8. The quantitative estimate of drug-likeness (QED) is 0.0324. The van der Waals surface area contributed by atoms with Crippen LogP contribution in [0.25, 0.3) is 22.1 Å². The van der Waals surface area contributed by atoms with Gasteiger partial charge in [0.25, 0.3) is 11.8 Å². The first-order chi connectivity index (χ1) is 31.7. The molecule has 6 aromatic rings. The number of thiazole rings is 1. The number of fused-ring (bicyclic) bond motifs is 2. The van der Waals surface area contributed by atoms with Gasteiger partial charge in [0.2, 0.25) is 23.7 Å². The molecule has 1 fully saturated rings. The van der Waals surface area contributed by atoms with Crippen molar-refractivity contribution in [1.82, 2.24) is 43.7 Å². The van der Waals surface area contributed by atoms with Crippen LogP contribution in [0.1, 0.15) is 77.5 Å². The molecule has 19 nitrogen and oxygen atoms in total. The smallest absolute Gasteiger partial charge is 0.276 e. The van der Waals surface area contributed by atoms with Crippen molar-refractivity contribution in [2.75, 3.05) is 63.3 Å². The Labute approximate surface area is 390 Å². The molecule has 4 amide bonds. The number of carbonyl (C=O) groups is 4. The number of nitrogens with one attached hydrogen (secondary N) is 2. The molecule has 4 aromatic heterocycles. The fourth-order valence-corrected chi connectivity index (χ4v) is 9.47. The number of benzene rings is 2. The number of hydrogen-bond donors (Lipinski definition) is 4. The number of thioether (sulfide) groups is 1. The number of nitrogens with two attached hydrogens (primary N) is 2. The average molecular weight is 938 g/mol. The second-order valence-corrected chi connectivity index (χ2v) is 17.6. The number of methoxy groups -OCH3 is 1. The third-order valence-corrected chi connectivity index (χ3v) is 13.0. The number of allylic oxidation sites excluding steroid dienone is 2. The fraction of sp³-hybridized carbons (Fsp3) is 0.378. The minimum Gasteiger partial charge on any atom is -0.491 e. The van der Waals surface area contributed by atoms with Crippen LogP contribution < -0.4 is 26.8 Å². The molecule has 6 N–H and O–H groups in total. The van der Waals surface area contributed by atoms with Crippen molar-refractivity contribution in [3.8, 4) is 5.75 Å². The minimum absolute atomic E-state index is 0.192. The summed E-state index contributed by atoms with van der Waals surface area (Å²) in [5, 5.41) is 11.2. The second-order valence-electron chi connectivity index (χ2n) is 15.6. The monoisotopic (exact) mass is 937 g/mol. The average Bonchev–Trinajstić information content (AvgIpc) is 4.07. The molecule has 66 heavy (non-hydrogen) atoms. The van der Waals surface area contributed by atoms with Gasteiger partial charge in [0.1, 0.15) is 21.8 Å². The molecule has 348 valence electrons. The zero-order valence-electron chi connectivity index (χ0n) is 38.0. The lowest BCUT2D eigenvalue weighted by atomic mass is 10.1. The number of ether oxygens (including phenoxy) is 2. The number of hydrogen-bond acceptors (Lipinski definition) is 14. The third kappa shape index (κ3) is 10.2. The molecule has 1 aliphatic rings. The standard InChI is InChI=1S/C45H55N13O6S2/c1-8-31-39(66-27(4)48-31)43(62)52-45-50-33-23-30(41(47)60)25-36(65-7)38(33)57(45)15-11-10-14-56-37-32(49-44(56)51-42(61)34-21-26(3)53-58(34)9-2)22-29(40(46)59)24-35(37)64-20-12-13-54-16-18-55(19-17-54)28(5)63-6/h10-11,21-25H,5,8-9,12-20H2,1-4,6-7H3,(H2,46,59)(H2,47,60)(H,49,51,61)(H,50,52,62)/b11-10+. The predicted molar refractivity (Wildman–Crippen MR) is 256 cm³/mol. The molecule has 0 saturated carbocycles. The topological polar surface area (TPSA) is 236 Å². The fourth-order valence-electron chi connectivity index (χ4n) is 7.92. The van der Waals surface area contributed by atoms with E-state index in [-0.39, 0.29) is 36.5 Å². The summed E-state index contributed by atoms with van der Waals surface area (Å²) in [6.07, 6.45) is 6.98. The summed E-state index contributed by atoms with van der Waals surface area (Å²) in [6.45, 7) is 16.8. The van der Waals surface area contributed by atoms with Crippen LogP contribution in [0.4, 0.5) is 11.9 Å². The van der Waals surface area contributed by atoms with Crippen LogP contribution in [0.3, 0.4) is 0 Å². The first kappa shape index (κ1) is 47.3. The zero-order chi connectivity index (χ0) is 47.2. The number of anilines is 2. The Morgan fingerprint density at radius 2 is 1.48 bits per heavy atom. The molecule has 0 spiro atoms. The Morgan fingerprint density at radius 3 is 2.09 bits per heavy atom. The van der Waals surface area contributed by atoms with Gasteiger partial charge in [-0.1, -0.05) is 19.1 Å². The van der Waals surface area contributed by atoms with Gasteiger partial charge in [-0.2, -0.15) is 5.10 Å². The summed E-state index contributed by atoms with van der Waals surface area (Å²) in [6, 6.07) is 8.22. The number of piperazine rings is 1. The van der Waals surface area contributed by atoms with Crippen molar-refractivity contribution in [1.29, 1.82) is 0 Å². The summed E-state index contributed by atoms with van der Waals surface area (Å²) >= 11 is 2.73. The molecular formula is C45H55N13O6S2. The molecule has 0 aliphatic carbocycles. The van der Waals surface area contributed by atoms with E-state index in [4.69, 9.17) is 30.9 Å². The van der Waals surface area contributed by atoms with Crippen LogP contribution in [0.5, 0.6) is 5.75 Å². The number of imidazole rings is 2. The number of rotatable bonds is 20. The van der Waals surface area contributed by atoms with Gasteiger partial charge in [-0.05, 0) is 76.8 Å². The molecule has 5 heterocycles. The van der Waals surface area contributed by atoms with E-state index in [9.17, 15) is 19.2 Å². The van der Waals surface area contributed by atoms with Crippen LogP contribution >= 0.6 is 23.1 Å². The van der Waals surface area contributed by atoms with Crippen molar-refractivity contribution >= 4 is 80.7 Å². The molecule has 0 atom stereocenters. The first-order valence-electron chi connectivity index (χ1n) is 21.6. The van der Waals surface area contributed by atoms with E-state index >= 15 is 0 Å². The maximum absolute atomic E-state index is 13.9. The normalized spacial score (nSPS) is 13.2. The maximum Gasteiger partial charge on any atom is 0.276 e. The van der Waals surface area contributed by atoms with E-state index in [0.717, 1.165) is 42.6 Å². The van der Waals surface area contributed by atoms with Gasteiger partial charge in [0.15, 0.2) is 5.88 Å². The van der Waals surface area contributed by atoms with Crippen molar-refractivity contribution < 1.29 is 28.7 Å². The van der Waals surface area contributed by atoms with Crippen molar-refractivity contribution in [2.45, 2.75) is 65.1 Å². The van der Waals surface area contributed by atoms with E-state index in [0.29, 0.717) is 87.2 Å². The van der Waals surface area contributed by atoms with E-state index in [1.165, 1.54) is 23.1 Å². The zero-order valence-corrected chi connectivity index (χ0v) is 39.6. The molecule has 2 aromatic carbocycles. The molecule has 21 heteroatoms. The van der Waals surface area contributed by atoms with Crippen LogP contribution in [0.2, 0.25) is 0 Å². The highest BCUT2D eigenvalue weighted by Gasteiger charge is 2.24. The highest BCUT2D eigenvalue weighted by Crippen LogP contribution is 2.34. The van der Waals surface area contributed by atoms with Crippen LogP contribution in [-0.2, 0) is 30.8 Å². The SMILES string of the molecule is C=C(OC)N1CCN(CCCOc2cc(C(N)=O)cc3nc(NC(=O)c4cc(C)nn4CC)n(C/C=C/Cn4c(NC(=O)c5sc(C)nc5CC)nc5cc(C(N)=O)cc(SC)c54)c23)CC1. The number of nitrogens with zero attached hydrogens (tertiary/aromatic N) is 9. The van der Waals surface area contributed by atoms with Crippen LogP contribution in [0.15, 0.2) is 59.8 Å². The summed E-state index contributed by atoms with van der Waals surface area (Å²) in [5.74, 6) is -0.502. The molecule has 0 bridgehead atoms. The largest absolute Gasteiger partial charge is 0.491 e. The summed E-state index contributed by atoms with van der Waals surface area (Å²) in [7, 11) is 1.62. The lowest BCUT2D eigenvalue weighted by Gasteiger charge is -2.35. The van der Waals surface area contributed by atoms with Gasteiger partial charge in [-0.3, -0.25) is 39.4 Å². The van der Waals surface area contributed by atoms with Gasteiger partial charge >= 0.3 is 0 Å². The summed E-state index contributed by atoms with van der Waals surface area (Å²) in [5.41, 5.74) is 15.9. The number of primary amides is 2. The van der Waals surface area contributed by atoms with Gasteiger partial charge in [0, 0.05) is 68.4 Å². The van der Waals surface area contributed by atoms with Gasteiger partial charge in [-0.25, -0.2) is 15.0 Å². The van der Waals surface area contributed by atoms with Crippen molar-refractivity contribution in [3.05, 3.63) is 93.0 Å². The van der Waals surface area contributed by atoms with Crippen LogP contribution in [0, 0.1) is 13.8 Å². The molecule has 0 unspecified atom stereocenters. The maximum atomic E-state index is 13.9. The highest BCUT2D eigenvalue weighted by molar-refractivity contribution is 7.98. The van der Waals surface area contributed by atoms with E-state index in [2.05, 4.69) is 37.1 Å². The Morgan fingerprint density at radius 1 is 0.864 bits per heavy atom. The molecule has 1 aliphatic heterocycles. The minimum atomic E-state index is -0.654. The molecule has 7 rings (SSSR count). The first-order valence-corrected chi connectivity index (χ1v) is 23.6. The predicted octanol–water partition coefficient (Wildman–Crippen LogP) is 5.42. The van der Waals surface area contributed by atoms with Gasteiger partial charge < -0.3 is 35.0 Å². The van der Waals surface area contributed by atoms with E-state index < -0.39 is 17.7 Å². The number of aromatic nitrogens is 7. The van der Waals surface area contributed by atoms with Crippen molar-refractivity contribution in [3.63, 3.8) is 0 Å². The van der Waals surface area contributed by atoms with E-state index in [1.54, 1.807) is 42.1 Å². The molecule has 0 radical (unpaired) electrons. The Balaban J connectivity index is 1.22. The summed E-state index contributed by atoms with van der Waals surface area (Å²) in [4.78, 5) is 72.5. The van der Waals surface area contributed by atoms with Gasteiger partial charge in [-0.15, -0.1) is 23.1 Å². The van der Waals surface area contributed by atoms with Crippen molar-refractivity contribution in [2.24, 2.45) is 11.5 Å². The molecular weight excluding hydrogens is 883 g/mol. The lowest BCUT2D eigenvalue weighted by molar-refractivity contribution is 0.0908. The Hall–Kier alpha value is -6.71. The number of amides is 4. The number of carbonyl (C=O) groups excluding carboxylic acids is 4. The lowest BCUT2D eigenvalue weighted by Crippen LogP contribution is -2.46.